The van der Waals surface area contributed by atoms with E-state index in [1.807, 2.05) is 6.20 Å². The largest absolute Gasteiger partial charge is 0.385 e. The molecule has 23 heavy (non-hydrogen) atoms. The fourth-order valence-corrected chi connectivity index (χ4v) is 3.59. The van der Waals surface area contributed by atoms with Crippen molar-refractivity contribution < 1.29 is 13.5 Å². The Morgan fingerprint density at radius 2 is 2.30 bits per heavy atom. The number of thiol groups is 1. The van der Waals surface area contributed by atoms with Crippen LogP contribution in [0.4, 0.5) is 0 Å². The SMILES string of the molecule is C=C(S)[C@@]1(O)CCN(Cc2cnn(CCS(C)(=O)=O)c2)[C@@H](C)C1. The summed E-state index contributed by atoms with van der Waals surface area (Å²) in [5, 5.41) is 14.7. The van der Waals surface area contributed by atoms with Gasteiger partial charge in [-0.2, -0.15) is 5.10 Å². The molecule has 1 N–H and O–H groups in total. The van der Waals surface area contributed by atoms with Crippen molar-refractivity contribution in [3.8, 4) is 0 Å². The Kier molecular flexibility index (Phi) is 5.60. The van der Waals surface area contributed by atoms with Gasteiger partial charge in [-0.1, -0.05) is 6.58 Å². The molecule has 0 aromatic carbocycles. The first-order valence-electron chi connectivity index (χ1n) is 7.63. The van der Waals surface area contributed by atoms with E-state index in [1.165, 1.54) is 6.26 Å². The summed E-state index contributed by atoms with van der Waals surface area (Å²) in [5.74, 6) is 0.0886. The molecule has 2 heterocycles. The third-order valence-corrected chi connectivity index (χ3v) is 5.71. The van der Waals surface area contributed by atoms with Gasteiger partial charge in [0, 0.05) is 42.1 Å². The van der Waals surface area contributed by atoms with Gasteiger partial charge in [0.1, 0.15) is 9.84 Å². The van der Waals surface area contributed by atoms with Crippen LogP contribution in [0.1, 0.15) is 25.3 Å². The van der Waals surface area contributed by atoms with Crippen molar-refractivity contribution in [1.29, 1.82) is 0 Å². The monoisotopic (exact) mass is 359 g/mol. The first-order valence-corrected chi connectivity index (χ1v) is 10.1. The van der Waals surface area contributed by atoms with Gasteiger partial charge in [0.15, 0.2) is 0 Å². The highest BCUT2D eigenvalue weighted by atomic mass is 32.2. The molecule has 1 aliphatic heterocycles. The van der Waals surface area contributed by atoms with Crippen molar-refractivity contribution in [3.63, 3.8) is 0 Å². The van der Waals surface area contributed by atoms with Crippen LogP contribution in [0.3, 0.4) is 0 Å². The Labute approximate surface area is 143 Å². The quantitative estimate of drug-likeness (QED) is 0.744. The molecule has 0 aliphatic carbocycles. The Morgan fingerprint density at radius 3 is 2.87 bits per heavy atom. The highest BCUT2D eigenvalue weighted by Crippen LogP contribution is 2.34. The van der Waals surface area contributed by atoms with Crippen LogP contribution in [0.5, 0.6) is 0 Å². The van der Waals surface area contributed by atoms with Crippen molar-refractivity contribution in [1.82, 2.24) is 14.7 Å². The predicted octanol–water partition coefficient (Wildman–Crippen LogP) is 1.09. The van der Waals surface area contributed by atoms with Crippen LogP contribution in [-0.2, 0) is 22.9 Å². The molecule has 8 heteroatoms. The summed E-state index contributed by atoms with van der Waals surface area (Å²) >= 11 is 4.22. The molecule has 1 saturated heterocycles. The fourth-order valence-electron chi connectivity index (χ4n) is 2.87. The molecule has 0 amide bonds. The zero-order chi connectivity index (χ0) is 17.3. The molecular formula is C15H25N3O3S2. The standard InChI is InChI=1S/C15H25N3O3S2/c1-12-8-15(19,13(2)22)4-5-17(12)10-14-9-16-18(11-14)6-7-23(3,20)21/h9,11-12,19,22H,2,4-8,10H2,1,3H3/t12-,15+/m0/s1. The lowest BCUT2D eigenvalue weighted by molar-refractivity contribution is -0.0123. The minimum absolute atomic E-state index is 0.0886. The smallest absolute Gasteiger partial charge is 0.149 e. The molecule has 1 aromatic heterocycles. The van der Waals surface area contributed by atoms with Gasteiger partial charge in [0.2, 0.25) is 0 Å². The Balaban J connectivity index is 1.93. The third-order valence-electron chi connectivity index (χ3n) is 4.37. The molecule has 130 valence electrons. The normalized spacial score (nSPS) is 26.3. The fraction of sp³-hybridized carbons (Fsp3) is 0.667. The number of hydrogen-bond donors (Lipinski definition) is 2. The Hall–Kier alpha value is -0.830. The number of piperidine rings is 1. The zero-order valence-corrected chi connectivity index (χ0v) is 15.4. The number of aromatic nitrogens is 2. The summed E-state index contributed by atoms with van der Waals surface area (Å²) in [6, 6.07) is 0.206. The first kappa shape index (κ1) is 18.5. The summed E-state index contributed by atoms with van der Waals surface area (Å²) in [6.45, 7) is 7.70. The maximum absolute atomic E-state index is 11.2. The minimum atomic E-state index is -2.98. The second-order valence-corrected chi connectivity index (χ2v) is 9.29. The predicted molar refractivity (Wildman–Crippen MR) is 94.1 cm³/mol. The summed E-state index contributed by atoms with van der Waals surface area (Å²) < 4.78 is 24.1. The van der Waals surface area contributed by atoms with E-state index in [2.05, 4.69) is 36.1 Å². The maximum Gasteiger partial charge on any atom is 0.149 e. The highest BCUT2D eigenvalue weighted by molar-refractivity contribution is 7.90. The molecule has 0 unspecified atom stereocenters. The number of sulfone groups is 1. The van der Waals surface area contributed by atoms with Crippen molar-refractivity contribution in [2.24, 2.45) is 0 Å². The van der Waals surface area contributed by atoms with Crippen molar-refractivity contribution in [2.45, 2.75) is 44.5 Å². The van der Waals surface area contributed by atoms with Crippen LogP contribution >= 0.6 is 12.6 Å². The van der Waals surface area contributed by atoms with Gasteiger partial charge in [0.25, 0.3) is 0 Å². The molecular weight excluding hydrogens is 334 g/mol. The van der Waals surface area contributed by atoms with E-state index < -0.39 is 15.4 Å². The van der Waals surface area contributed by atoms with Crippen LogP contribution in [0.2, 0.25) is 0 Å². The van der Waals surface area contributed by atoms with E-state index in [9.17, 15) is 13.5 Å². The third kappa shape index (κ3) is 5.07. The van der Waals surface area contributed by atoms with Gasteiger partial charge >= 0.3 is 0 Å². The van der Waals surface area contributed by atoms with Crippen LogP contribution in [0.25, 0.3) is 0 Å². The topological polar surface area (TPSA) is 75.4 Å². The second-order valence-electron chi connectivity index (χ2n) is 6.49. The van der Waals surface area contributed by atoms with E-state index >= 15 is 0 Å². The molecule has 0 spiro atoms. The number of likely N-dealkylation sites (tertiary alicyclic amines) is 1. The van der Waals surface area contributed by atoms with E-state index in [0.717, 1.165) is 18.7 Å². The Morgan fingerprint density at radius 1 is 1.61 bits per heavy atom. The summed E-state index contributed by atoms with van der Waals surface area (Å²) in [5.41, 5.74) is 0.152. The lowest BCUT2D eigenvalue weighted by atomic mass is 9.86. The lowest BCUT2D eigenvalue weighted by Crippen LogP contribution is -2.49. The van der Waals surface area contributed by atoms with Crippen molar-refractivity contribution >= 4 is 22.5 Å². The van der Waals surface area contributed by atoms with Gasteiger partial charge in [-0.05, 0) is 19.8 Å². The molecule has 1 aliphatic rings. The first-order chi connectivity index (χ1) is 10.6. The second kappa shape index (κ2) is 6.96. The highest BCUT2D eigenvalue weighted by Gasteiger charge is 2.37. The molecule has 1 aromatic rings. The summed E-state index contributed by atoms with van der Waals surface area (Å²) in [6.07, 6.45) is 6.10. The van der Waals surface area contributed by atoms with Gasteiger partial charge in [-0.15, -0.1) is 12.6 Å². The number of aliphatic hydroxyl groups is 1. The molecule has 0 bridgehead atoms. The zero-order valence-electron chi connectivity index (χ0n) is 13.6. The van der Waals surface area contributed by atoms with E-state index in [1.54, 1.807) is 10.9 Å². The number of hydrogen-bond acceptors (Lipinski definition) is 6. The van der Waals surface area contributed by atoms with Gasteiger partial charge in [-0.25, -0.2) is 8.42 Å². The van der Waals surface area contributed by atoms with Crippen LogP contribution < -0.4 is 0 Å². The molecule has 0 saturated carbocycles. The van der Waals surface area contributed by atoms with E-state index in [0.29, 0.717) is 24.3 Å². The summed E-state index contributed by atoms with van der Waals surface area (Å²) in [7, 11) is -2.98. The summed E-state index contributed by atoms with van der Waals surface area (Å²) in [4.78, 5) is 2.81. The average Bonchev–Trinajstić information content (AvgIpc) is 2.87. The van der Waals surface area contributed by atoms with Gasteiger partial charge < -0.3 is 5.11 Å². The van der Waals surface area contributed by atoms with Crippen molar-refractivity contribution in [3.05, 3.63) is 29.4 Å². The molecule has 0 radical (unpaired) electrons. The van der Waals surface area contributed by atoms with E-state index in [4.69, 9.17) is 0 Å². The molecule has 1 fully saturated rings. The van der Waals surface area contributed by atoms with Gasteiger partial charge in [-0.3, -0.25) is 9.58 Å². The molecule has 2 rings (SSSR count). The Bertz CT molecular complexity index is 671. The average molecular weight is 360 g/mol. The van der Waals surface area contributed by atoms with E-state index in [-0.39, 0.29) is 11.8 Å². The number of rotatable bonds is 6. The molecule has 2 atom stereocenters. The van der Waals surface area contributed by atoms with Crippen LogP contribution in [-0.4, -0.2) is 58.4 Å². The minimum Gasteiger partial charge on any atom is -0.385 e. The van der Waals surface area contributed by atoms with Crippen LogP contribution in [0.15, 0.2) is 23.9 Å². The van der Waals surface area contributed by atoms with Gasteiger partial charge in [0.05, 0.1) is 24.1 Å². The number of nitrogens with zero attached hydrogens (tertiary/aromatic N) is 3. The maximum atomic E-state index is 11.2. The lowest BCUT2D eigenvalue weighted by Gasteiger charge is -2.42. The van der Waals surface area contributed by atoms with Crippen LogP contribution in [0, 0.1) is 0 Å². The molecule has 6 nitrogen and oxygen atoms in total. The van der Waals surface area contributed by atoms with Crippen molar-refractivity contribution in [2.75, 3.05) is 18.6 Å². The number of aryl methyl sites for hydroxylation is 1.